The zero-order chi connectivity index (χ0) is 16.3. The van der Waals surface area contributed by atoms with Crippen LogP contribution in [-0.4, -0.2) is 42.8 Å². The number of carbonyl (C=O) groups is 2. The van der Waals surface area contributed by atoms with E-state index < -0.39 is 21.9 Å². The average Bonchev–Trinajstić information content (AvgIpc) is 2.98. The van der Waals surface area contributed by atoms with Gasteiger partial charge in [0, 0.05) is 25.2 Å². The van der Waals surface area contributed by atoms with Gasteiger partial charge in [-0.05, 0) is 30.7 Å². The monoisotopic (exact) mass is 326 g/mol. The lowest BCUT2D eigenvalue weighted by atomic mass is 10.1. The summed E-state index contributed by atoms with van der Waals surface area (Å²) in [5, 5.41) is 11.6. The van der Waals surface area contributed by atoms with Gasteiger partial charge in [-0.1, -0.05) is 6.92 Å². The normalized spacial score (nSPS) is 19.0. The summed E-state index contributed by atoms with van der Waals surface area (Å²) >= 11 is 0. The predicted molar refractivity (Wildman–Crippen MR) is 79.9 cm³/mol. The third kappa shape index (κ3) is 3.45. The number of amides is 1. The fraction of sp³-hybridized carbons (Fsp3) is 0.429. The van der Waals surface area contributed by atoms with Crippen molar-refractivity contribution in [1.82, 2.24) is 4.31 Å². The average molecular weight is 326 g/mol. The summed E-state index contributed by atoms with van der Waals surface area (Å²) in [6, 6.07) is 5.86. The Hall–Kier alpha value is -1.93. The molecule has 1 amide bonds. The molecule has 0 radical (unpaired) electrons. The number of rotatable bonds is 5. The highest BCUT2D eigenvalue weighted by molar-refractivity contribution is 7.89. The predicted octanol–water partition coefficient (Wildman–Crippen LogP) is 1.13. The Morgan fingerprint density at radius 3 is 2.45 bits per heavy atom. The van der Waals surface area contributed by atoms with E-state index in [1.165, 1.54) is 28.6 Å². The molecule has 0 spiro atoms. The second kappa shape index (κ2) is 6.45. The molecule has 0 saturated carbocycles. The number of sulfonamides is 1. The number of nitrogens with zero attached hydrogens (tertiary/aromatic N) is 1. The minimum atomic E-state index is -3.70. The third-order valence-corrected chi connectivity index (χ3v) is 5.48. The molecule has 2 N–H and O–H groups in total. The Balaban J connectivity index is 2.13. The highest BCUT2D eigenvalue weighted by Gasteiger charge is 2.35. The van der Waals surface area contributed by atoms with Crippen molar-refractivity contribution in [2.75, 3.05) is 18.4 Å². The highest BCUT2D eigenvalue weighted by Crippen LogP contribution is 2.25. The maximum Gasteiger partial charge on any atom is 0.307 e. The van der Waals surface area contributed by atoms with Gasteiger partial charge in [0.2, 0.25) is 15.9 Å². The molecule has 1 unspecified atom stereocenters. The molecular weight excluding hydrogens is 308 g/mol. The van der Waals surface area contributed by atoms with E-state index >= 15 is 0 Å². The standard InChI is InChI=1S/C14H18N2O5S/c1-2-13(17)15-11-3-5-12(6-4-11)22(20,21)16-8-7-10(9-16)14(18)19/h3-6,10H,2,7-9H2,1H3,(H,15,17)(H,18,19). The van der Waals surface area contributed by atoms with E-state index in [-0.39, 0.29) is 23.9 Å². The summed E-state index contributed by atoms with van der Waals surface area (Å²) in [4.78, 5) is 22.3. The van der Waals surface area contributed by atoms with E-state index in [1.54, 1.807) is 6.92 Å². The molecule has 1 aromatic carbocycles. The van der Waals surface area contributed by atoms with Crippen LogP contribution < -0.4 is 5.32 Å². The van der Waals surface area contributed by atoms with E-state index in [0.29, 0.717) is 18.5 Å². The van der Waals surface area contributed by atoms with Gasteiger partial charge < -0.3 is 10.4 Å². The largest absolute Gasteiger partial charge is 0.481 e. The SMILES string of the molecule is CCC(=O)Nc1ccc(S(=O)(=O)N2CCC(C(=O)O)C2)cc1. The van der Waals surface area contributed by atoms with Gasteiger partial charge >= 0.3 is 5.97 Å². The first kappa shape index (κ1) is 16.4. The molecule has 7 nitrogen and oxygen atoms in total. The topological polar surface area (TPSA) is 104 Å². The fourth-order valence-electron chi connectivity index (χ4n) is 2.26. The lowest BCUT2D eigenvalue weighted by molar-refractivity contribution is -0.141. The van der Waals surface area contributed by atoms with Gasteiger partial charge in [0.25, 0.3) is 0 Å². The molecule has 1 atom stereocenters. The van der Waals surface area contributed by atoms with Crippen molar-refractivity contribution in [3.8, 4) is 0 Å². The molecule has 0 aliphatic carbocycles. The maximum absolute atomic E-state index is 12.4. The molecule has 120 valence electrons. The van der Waals surface area contributed by atoms with Crippen molar-refractivity contribution >= 4 is 27.6 Å². The summed E-state index contributed by atoms with van der Waals surface area (Å²) in [5.74, 6) is -1.78. The molecule has 2 rings (SSSR count). The van der Waals surface area contributed by atoms with Gasteiger partial charge in [0.15, 0.2) is 0 Å². The Bertz CT molecular complexity index is 669. The number of nitrogens with one attached hydrogen (secondary N) is 1. The number of aliphatic carboxylic acids is 1. The van der Waals surface area contributed by atoms with Crippen LogP contribution >= 0.6 is 0 Å². The van der Waals surface area contributed by atoms with Crippen molar-refractivity contribution in [3.63, 3.8) is 0 Å². The summed E-state index contributed by atoms with van der Waals surface area (Å²) in [6.07, 6.45) is 0.656. The van der Waals surface area contributed by atoms with Crippen LogP contribution in [0.3, 0.4) is 0 Å². The Morgan fingerprint density at radius 2 is 1.95 bits per heavy atom. The first-order chi connectivity index (χ1) is 10.3. The van der Waals surface area contributed by atoms with Crippen LogP contribution in [0.25, 0.3) is 0 Å². The second-order valence-corrected chi connectivity index (χ2v) is 7.05. The first-order valence-electron chi connectivity index (χ1n) is 6.97. The molecule has 1 heterocycles. The smallest absolute Gasteiger partial charge is 0.307 e. The summed E-state index contributed by atoms with van der Waals surface area (Å²) in [7, 11) is -3.70. The molecule has 1 aliphatic rings. The van der Waals surface area contributed by atoms with Gasteiger partial charge in [0.1, 0.15) is 0 Å². The molecular formula is C14H18N2O5S. The van der Waals surface area contributed by atoms with Crippen molar-refractivity contribution in [2.24, 2.45) is 5.92 Å². The van der Waals surface area contributed by atoms with Crippen LogP contribution in [0.15, 0.2) is 29.2 Å². The quantitative estimate of drug-likeness (QED) is 0.844. The van der Waals surface area contributed by atoms with Gasteiger partial charge in [-0.15, -0.1) is 0 Å². The minimum Gasteiger partial charge on any atom is -0.481 e. The second-order valence-electron chi connectivity index (χ2n) is 5.11. The van der Waals surface area contributed by atoms with E-state index in [0.717, 1.165) is 0 Å². The van der Waals surface area contributed by atoms with Crippen molar-refractivity contribution in [1.29, 1.82) is 0 Å². The third-order valence-electron chi connectivity index (χ3n) is 3.60. The van der Waals surface area contributed by atoms with Crippen LogP contribution in [0.1, 0.15) is 19.8 Å². The zero-order valence-corrected chi connectivity index (χ0v) is 13.0. The van der Waals surface area contributed by atoms with Crippen LogP contribution in [0.2, 0.25) is 0 Å². The number of hydrogen-bond acceptors (Lipinski definition) is 4. The molecule has 1 saturated heterocycles. The number of hydrogen-bond donors (Lipinski definition) is 2. The molecule has 1 aromatic rings. The fourth-order valence-corrected chi connectivity index (χ4v) is 3.76. The molecule has 22 heavy (non-hydrogen) atoms. The summed E-state index contributed by atoms with van der Waals surface area (Å²) < 4.78 is 26.1. The lowest BCUT2D eigenvalue weighted by Gasteiger charge is -2.16. The van der Waals surface area contributed by atoms with Gasteiger partial charge in [-0.25, -0.2) is 8.42 Å². The Kier molecular flexibility index (Phi) is 4.82. The first-order valence-corrected chi connectivity index (χ1v) is 8.41. The summed E-state index contributed by atoms with van der Waals surface area (Å²) in [5.41, 5.74) is 0.524. The number of carboxylic acids is 1. The van der Waals surface area contributed by atoms with Crippen molar-refractivity contribution in [2.45, 2.75) is 24.7 Å². The minimum absolute atomic E-state index is 0.00795. The molecule has 8 heteroatoms. The van der Waals surface area contributed by atoms with Gasteiger partial charge in [0.05, 0.1) is 10.8 Å². The highest BCUT2D eigenvalue weighted by atomic mass is 32.2. The van der Waals surface area contributed by atoms with Crippen LogP contribution in [-0.2, 0) is 19.6 Å². The zero-order valence-electron chi connectivity index (χ0n) is 12.2. The van der Waals surface area contributed by atoms with Crippen LogP contribution in [0, 0.1) is 5.92 Å². The van der Waals surface area contributed by atoms with Crippen LogP contribution in [0.4, 0.5) is 5.69 Å². The van der Waals surface area contributed by atoms with Crippen molar-refractivity contribution in [3.05, 3.63) is 24.3 Å². The van der Waals surface area contributed by atoms with Gasteiger partial charge in [-0.3, -0.25) is 9.59 Å². The Labute approximate surface area is 129 Å². The molecule has 0 aromatic heterocycles. The van der Waals surface area contributed by atoms with Gasteiger partial charge in [-0.2, -0.15) is 4.31 Å². The van der Waals surface area contributed by atoms with E-state index in [2.05, 4.69) is 5.32 Å². The Morgan fingerprint density at radius 1 is 1.32 bits per heavy atom. The number of benzene rings is 1. The van der Waals surface area contributed by atoms with E-state index in [9.17, 15) is 18.0 Å². The number of carbonyl (C=O) groups excluding carboxylic acids is 1. The number of anilines is 1. The molecule has 1 fully saturated rings. The lowest BCUT2D eigenvalue weighted by Crippen LogP contribution is -2.30. The van der Waals surface area contributed by atoms with Crippen LogP contribution in [0.5, 0.6) is 0 Å². The molecule has 0 bridgehead atoms. The molecule has 1 aliphatic heterocycles. The van der Waals surface area contributed by atoms with E-state index in [4.69, 9.17) is 5.11 Å². The maximum atomic E-state index is 12.4. The summed E-state index contributed by atoms with van der Waals surface area (Å²) in [6.45, 7) is 1.92. The number of carboxylic acid groups (broad SMARTS) is 1. The van der Waals surface area contributed by atoms with Crippen molar-refractivity contribution < 1.29 is 23.1 Å². The van der Waals surface area contributed by atoms with E-state index in [1.807, 2.05) is 0 Å².